The van der Waals surface area contributed by atoms with E-state index in [1.165, 1.54) is 25.2 Å². The van der Waals surface area contributed by atoms with Gasteiger partial charge >= 0.3 is 202 Å². The predicted octanol–water partition coefficient (Wildman–Crippen LogP) is 10.0. The second-order valence-electron chi connectivity index (χ2n) is 11.8. The first-order valence-corrected chi connectivity index (χ1v) is 17.8. The average molecular weight is 693 g/mol. The third kappa shape index (κ3) is 5.74. The Balaban J connectivity index is 1.10. The third-order valence-electron chi connectivity index (χ3n) is 8.62. The van der Waals surface area contributed by atoms with Gasteiger partial charge in [-0.15, -0.1) is 0 Å². The fourth-order valence-corrected chi connectivity index (χ4v) is 8.42. The molecule has 0 aliphatic rings. The molecule has 0 atom stereocenters. The molecule has 0 N–H and O–H groups in total. The first kappa shape index (κ1) is 29.1. The fraction of sp³-hybridized carbons (Fsp3) is 0. The Hall–Kier alpha value is -6.07. The summed E-state index contributed by atoms with van der Waals surface area (Å²) in [5.41, 5.74) is 9.35. The second-order valence-corrected chi connectivity index (χ2v) is 13.9. The zero-order valence-corrected chi connectivity index (χ0v) is 27.9. The van der Waals surface area contributed by atoms with Crippen molar-refractivity contribution in [1.29, 1.82) is 0 Å². The molecule has 230 valence electrons. The minimum Gasteiger partial charge on any atom is -0.0615 e. The minimum absolute atomic E-state index is 0.130. The Bertz CT molecular complexity index is 2540. The molecule has 9 rings (SSSR count). The van der Waals surface area contributed by atoms with Gasteiger partial charge in [0.25, 0.3) is 0 Å². The van der Waals surface area contributed by atoms with Crippen LogP contribution in [0.5, 0.6) is 0 Å². The van der Waals surface area contributed by atoms with E-state index in [1.54, 1.807) is 0 Å². The molecule has 0 radical (unpaired) electrons. The monoisotopic (exact) mass is 693 g/mol. The van der Waals surface area contributed by atoms with Gasteiger partial charge in [-0.25, -0.2) is 4.98 Å². The smallest absolute Gasteiger partial charge is 0.0615 e. The van der Waals surface area contributed by atoms with Crippen LogP contribution in [0.25, 0.3) is 87.1 Å². The van der Waals surface area contributed by atoms with Crippen LogP contribution in [-0.4, -0.2) is 39.4 Å². The van der Waals surface area contributed by atoms with Crippen LogP contribution in [0, 0.1) is 0 Å². The van der Waals surface area contributed by atoms with E-state index in [0.29, 0.717) is 17.5 Å². The number of hydrogen-bond acceptors (Lipinski definition) is 5. The van der Waals surface area contributed by atoms with Gasteiger partial charge in [-0.2, -0.15) is 0 Å². The molecule has 0 spiro atoms. The minimum atomic E-state index is 0.130. The molecule has 0 amide bonds. The number of fused-ring (bicyclic) bond motifs is 3. The van der Waals surface area contributed by atoms with Crippen LogP contribution in [0.15, 0.2) is 164 Å². The molecular weight excluding hydrogens is 665 g/mol. The molecule has 0 aliphatic heterocycles. The van der Waals surface area contributed by atoms with Gasteiger partial charge in [0.1, 0.15) is 0 Å². The van der Waals surface area contributed by atoms with E-state index in [4.69, 9.17) is 24.9 Å². The standard InChI is InChI=1S/C43H27N5Se/c1-4-11-29(12-5-1)40-46-41(30-13-6-2-7-14-30)48-42(47-40)34-18-10-17-32(23-34)35-24-36(27-44-26-35)33-20-19-28-21-22-38-39(37(28)25-33)49-43(45-38)31-15-8-3-9-16-31/h1-27H. The number of hydrogen-bond donors (Lipinski definition) is 0. The summed E-state index contributed by atoms with van der Waals surface area (Å²) >= 11 is 0.130. The van der Waals surface area contributed by atoms with Gasteiger partial charge in [0.05, 0.1) is 0 Å². The Morgan fingerprint density at radius 3 is 1.53 bits per heavy atom. The van der Waals surface area contributed by atoms with Gasteiger partial charge in [-0.1, -0.05) is 60.7 Å². The zero-order chi connectivity index (χ0) is 32.6. The summed E-state index contributed by atoms with van der Waals surface area (Å²) in [7, 11) is 0. The molecule has 5 nitrogen and oxygen atoms in total. The summed E-state index contributed by atoms with van der Waals surface area (Å²) in [4.78, 5) is 24.4. The van der Waals surface area contributed by atoms with Crippen molar-refractivity contribution >= 4 is 35.1 Å². The molecule has 0 aliphatic carbocycles. The third-order valence-corrected chi connectivity index (χ3v) is 11.0. The number of rotatable bonds is 6. The Morgan fingerprint density at radius 1 is 0.367 bits per heavy atom. The van der Waals surface area contributed by atoms with Crippen molar-refractivity contribution in [3.63, 3.8) is 0 Å². The van der Waals surface area contributed by atoms with E-state index in [9.17, 15) is 0 Å². The molecule has 6 heteroatoms. The van der Waals surface area contributed by atoms with Crippen molar-refractivity contribution in [3.05, 3.63) is 164 Å². The molecular formula is C43H27N5Se. The van der Waals surface area contributed by atoms with Crippen molar-refractivity contribution in [3.8, 4) is 66.5 Å². The Labute approximate surface area is 289 Å². The van der Waals surface area contributed by atoms with Gasteiger partial charge in [-0.05, 0) is 0 Å². The van der Waals surface area contributed by atoms with E-state index in [2.05, 4.69) is 91.0 Å². The number of nitrogens with zero attached hydrogens (tertiary/aromatic N) is 5. The molecule has 0 unspecified atom stereocenters. The van der Waals surface area contributed by atoms with E-state index in [1.807, 2.05) is 73.1 Å². The van der Waals surface area contributed by atoms with Crippen molar-refractivity contribution in [2.75, 3.05) is 0 Å². The maximum absolute atomic E-state index is 5.02. The van der Waals surface area contributed by atoms with Crippen LogP contribution in [0.1, 0.15) is 0 Å². The van der Waals surface area contributed by atoms with Crippen molar-refractivity contribution in [2.24, 2.45) is 0 Å². The van der Waals surface area contributed by atoms with Gasteiger partial charge in [-0.3, -0.25) is 0 Å². The van der Waals surface area contributed by atoms with Crippen molar-refractivity contribution in [1.82, 2.24) is 24.9 Å². The maximum atomic E-state index is 5.02. The van der Waals surface area contributed by atoms with Crippen LogP contribution in [0.4, 0.5) is 0 Å². The Kier molecular flexibility index (Phi) is 7.43. The molecule has 0 saturated heterocycles. The van der Waals surface area contributed by atoms with E-state index >= 15 is 0 Å². The summed E-state index contributed by atoms with van der Waals surface area (Å²) in [6, 6.07) is 52.2. The molecule has 49 heavy (non-hydrogen) atoms. The van der Waals surface area contributed by atoms with Gasteiger partial charge in [0, 0.05) is 11.1 Å². The SMILES string of the molecule is c1ccc(-c2nc(-c3ccccc3)nc(-c3cccc(-c4cncc(-c5ccc6ccc7nc(-c8ccccc8)[se]c7c6c5)c4)c3)n2)cc1. The summed E-state index contributed by atoms with van der Waals surface area (Å²) in [6.45, 7) is 0. The van der Waals surface area contributed by atoms with E-state index in [0.717, 1.165) is 44.5 Å². The van der Waals surface area contributed by atoms with Gasteiger partial charge in [0.15, 0.2) is 11.6 Å². The van der Waals surface area contributed by atoms with Crippen LogP contribution >= 0.6 is 0 Å². The summed E-state index contributed by atoms with van der Waals surface area (Å²) in [5, 5.41) is 2.49. The van der Waals surface area contributed by atoms with E-state index < -0.39 is 0 Å². The molecule has 0 bridgehead atoms. The Morgan fingerprint density at radius 2 is 0.878 bits per heavy atom. The van der Waals surface area contributed by atoms with Crippen LogP contribution < -0.4 is 0 Å². The van der Waals surface area contributed by atoms with Crippen LogP contribution in [-0.2, 0) is 0 Å². The summed E-state index contributed by atoms with van der Waals surface area (Å²) < 4.78 is 2.51. The fourth-order valence-electron chi connectivity index (χ4n) is 6.12. The summed E-state index contributed by atoms with van der Waals surface area (Å²) in [5.74, 6) is 1.91. The van der Waals surface area contributed by atoms with Gasteiger partial charge < -0.3 is 0 Å². The predicted molar refractivity (Wildman–Crippen MR) is 200 cm³/mol. The first-order valence-electron chi connectivity index (χ1n) is 16.1. The average Bonchev–Trinajstić information content (AvgIpc) is 3.64. The molecule has 0 fully saturated rings. The van der Waals surface area contributed by atoms with Crippen LogP contribution in [0.2, 0.25) is 0 Å². The van der Waals surface area contributed by atoms with Crippen LogP contribution in [0.3, 0.4) is 0 Å². The van der Waals surface area contributed by atoms with Gasteiger partial charge in [0.2, 0.25) is 0 Å². The van der Waals surface area contributed by atoms with Crippen molar-refractivity contribution < 1.29 is 0 Å². The zero-order valence-electron chi connectivity index (χ0n) is 26.2. The quantitative estimate of drug-likeness (QED) is 0.162. The molecule has 3 aromatic heterocycles. The molecule has 9 aromatic rings. The number of aromatic nitrogens is 5. The summed E-state index contributed by atoms with van der Waals surface area (Å²) in [6.07, 6.45) is 3.86. The number of pyridine rings is 1. The molecule has 3 heterocycles. The number of benzene rings is 6. The second kappa shape index (κ2) is 12.5. The molecule has 6 aromatic carbocycles. The van der Waals surface area contributed by atoms with Crippen molar-refractivity contribution in [2.45, 2.75) is 0 Å². The van der Waals surface area contributed by atoms with E-state index in [-0.39, 0.29) is 14.5 Å². The normalized spacial score (nSPS) is 11.3. The first-order chi connectivity index (χ1) is 24.2. The topological polar surface area (TPSA) is 64.5 Å². The molecule has 0 saturated carbocycles.